The van der Waals surface area contributed by atoms with Gasteiger partial charge in [-0.25, -0.2) is 4.79 Å². The second-order valence-electron chi connectivity index (χ2n) is 7.46. The molecule has 0 bridgehead atoms. The quantitative estimate of drug-likeness (QED) is 0.194. The number of halogens is 1. The van der Waals surface area contributed by atoms with Crippen molar-refractivity contribution in [1.82, 2.24) is 0 Å². The van der Waals surface area contributed by atoms with E-state index in [1.807, 2.05) is 36.4 Å². The SMILES string of the molecule is CCOC(=O)c1c(NC(=O)/C(C#N)=C/c2cc(Br)c(Sc3ccccc3)o2)sc2c1CCCC2. The molecular weight excluding hydrogens is 536 g/mol. The number of carbonyl (C=O) groups excluding carboxylic acids is 2. The van der Waals surface area contributed by atoms with Gasteiger partial charge in [-0.1, -0.05) is 30.0 Å². The summed E-state index contributed by atoms with van der Waals surface area (Å²) in [6, 6.07) is 13.4. The van der Waals surface area contributed by atoms with Crippen LogP contribution in [0.5, 0.6) is 0 Å². The second-order valence-corrected chi connectivity index (χ2v) is 10.5. The van der Waals surface area contributed by atoms with Crippen molar-refractivity contribution < 1.29 is 18.7 Å². The Morgan fingerprint density at radius 1 is 1.29 bits per heavy atom. The zero-order chi connectivity index (χ0) is 24.1. The maximum absolute atomic E-state index is 13.0. The van der Waals surface area contributed by atoms with Crippen LogP contribution in [0, 0.1) is 11.3 Å². The van der Waals surface area contributed by atoms with Crippen molar-refractivity contribution in [3.05, 3.63) is 68.2 Å². The lowest BCUT2D eigenvalue weighted by Crippen LogP contribution is -2.16. The predicted octanol–water partition coefficient (Wildman–Crippen LogP) is 6.86. The topological polar surface area (TPSA) is 92.3 Å². The lowest BCUT2D eigenvalue weighted by atomic mass is 9.95. The summed E-state index contributed by atoms with van der Waals surface area (Å²) in [7, 11) is 0. The zero-order valence-electron chi connectivity index (χ0n) is 18.4. The average Bonchev–Trinajstić information content (AvgIpc) is 3.37. The third-order valence-corrected chi connectivity index (χ3v) is 8.21. The first-order valence-corrected chi connectivity index (χ1v) is 13.2. The molecule has 2 aromatic heterocycles. The molecule has 0 atom stereocenters. The van der Waals surface area contributed by atoms with Crippen molar-refractivity contribution in [1.29, 1.82) is 5.26 Å². The van der Waals surface area contributed by atoms with E-state index in [1.54, 1.807) is 13.0 Å². The first kappa shape index (κ1) is 24.3. The van der Waals surface area contributed by atoms with Crippen LogP contribution >= 0.6 is 39.0 Å². The molecule has 34 heavy (non-hydrogen) atoms. The molecule has 0 unspecified atom stereocenters. The van der Waals surface area contributed by atoms with Gasteiger partial charge >= 0.3 is 5.97 Å². The summed E-state index contributed by atoms with van der Waals surface area (Å²) in [5, 5.41) is 13.5. The molecule has 1 aliphatic rings. The highest BCUT2D eigenvalue weighted by molar-refractivity contribution is 9.10. The molecule has 0 radical (unpaired) electrons. The summed E-state index contributed by atoms with van der Waals surface area (Å²) >= 11 is 6.29. The zero-order valence-corrected chi connectivity index (χ0v) is 21.6. The van der Waals surface area contributed by atoms with Crippen molar-refractivity contribution in [3.8, 4) is 6.07 Å². The number of carbonyl (C=O) groups is 2. The van der Waals surface area contributed by atoms with Crippen LogP contribution in [-0.4, -0.2) is 18.5 Å². The number of furan rings is 1. The van der Waals surface area contributed by atoms with Crippen LogP contribution in [0.2, 0.25) is 0 Å². The number of aryl methyl sites for hydroxylation is 1. The van der Waals surface area contributed by atoms with Gasteiger partial charge in [0, 0.05) is 15.8 Å². The van der Waals surface area contributed by atoms with E-state index in [1.165, 1.54) is 29.2 Å². The van der Waals surface area contributed by atoms with Gasteiger partial charge in [0.1, 0.15) is 22.4 Å². The van der Waals surface area contributed by atoms with Crippen LogP contribution in [0.15, 0.2) is 60.8 Å². The average molecular weight is 557 g/mol. The van der Waals surface area contributed by atoms with E-state index in [9.17, 15) is 14.9 Å². The molecule has 1 N–H and O–H groups in total. The molecule has 0 saturated carbocycles. The van der Waals surface area contributed by atoms with Crippen LogP contribution in [0.4, 0.5) is 5.00 Å². The Kier molecular flexibility index (Phi) is 7.93. The highest BCUT2D eigenvalue weighted by atomic mass is 79.9. The van der Waals surface area contributed by atoms with E-state index < -0.39 is 11.9 Å². The third kappa shape index (κ3) is 5.46. The number of nitrogens with zero attached hydrogens (tertiary/aromatic N) is 1. The summed E-state index contributed by atoms with van der Waals surface area (Å²) in [4.78, 5) is 27.7. The van der Waals surface area contributed by atoms with Gasteiger partial charge in [0.2, 0.25) is 0 Å². The van der Waals surface area contributed by atoms with Gasteiger partial charge < -0.3 is 14.5 Å². The van der Waals surface area contributed by atoms with Gasteiger partial charge in [0.15, 0.2) is 5.09 Å². The normalized spacial score (nSPS) is 13.1. The molecule has 1 aromatic carbocycles. The Balaban J connectivity index is 1.57. The van der Waals surface area contributed by atoms with Crippen LogP contribution < -0.4 is 5.32 Å². The fourth-order valence-corrected chi connectivity index (χ4v) is 6.26. The molecule has 9 heteroatoms. The molecule has 0 saturated heterocycles. The summed E-state index contributed by atoms with van der Waals surface area (Å²) in [6.45, 7) is 1.99. The Labute approximate surface area is 214 Å². The lowest BCUT2D eigenvalue weighted by Gasteiger charge is -2.12. The van der Waals surface area contributed by atoms with Crippen molar-refractivity contribution in [2.75, 3.05) is 11.9 Å². The van der Waals surface area contributed by atoms with Crippen molar-refractivity contribution >= 4 is 62.0 Å². The first-order chi connectivity index (χ1) is 16.5. The van der Waals surface area contributed by atoms with Crippen molar-refractivity contribution in [2.24, 2.45) is 0 Å². The van der Waals surface area contributed by atoms with Gasteiger partial charge in [-0.3, -0.25) is 4.79 Å². The number of nitrogens with one attached hydrogen (secondary N) is 1. The lowest BCUT2D eigenvalue weighted by molar-refractivity contribution is -0.112. The highest BCUT2D eigenvalue weighted by Crippen LogP contribution is 2.39. The Morgan fingerprint density at radius 2 is 2.06 bits per heavy atom. The van der Waals surface area contributed by atoms with E-state index in [-0.39, 0.29) is 12.2 Å². The van der Waals surface area contributed by atoms with E-state index in [4.69, 9.17) is 9.15 Å². The van der Waals surface area contributed by atoms with Crippen molar-refractivity contribution in [3.63, 3.8) is 0 Å². The minimum Gasteiger partial charge on any atom is -0.462 e. The second kappa shape index (κ2) is 11.1. The number of ether oxygens (including phenoxy) is 1. The number of hydrogen-bond acceptors (Lipinski definition) is 7. The van der Waals surface area contributed by atoms with Crippen LogP contribution in [0.3, 0.4) is 0 Å². The smallest absolute Gasteiger partial charge is 0.341 e. The molecule has 0 spiro atoms. The summed E-state index contributed by atoms with van der Waals surface area (Å²) in [6.07, 6.45) is 5.07. The largest absolute Gasteiger partial charge is 0.462 e. The van der Waals surface area contributed by atoms with E-state index in [0.717, 1.165) is 45.5 Å². The maximum atomic E-state index is 13.0. The van der Waals surface area contributed by atoms with E-state index in [2.05, 4.69) is 21.2 Å². The molecular formula is C25H21BrN2O4S2. The summed E-state index contributed by atoms with van der Waals surface area (Å²) in [5.41, 5.74) is 1.23. The molecule has 4 rings (SSSR count). The van der Waals surface area contributed by atoms with Gasteiger partial charge in [0.05, 0.1) is 16.6 Å². The van der Waals surface area contributed by atoms with Crippen LogP contribution in [-0.2, 0) is 22.4 Å². The molecule has 1 aliphatic carbocycles. The number of rotatable bonds is 7. The number of anilines is 1. The Bertz CT molecular complexity index is 1290. The predicted molar refractivity (Wildman–Crippen MR) is 136 cm³/mol. The van der Waals surface area contributed by atoms with Gasteiger partial charge in [-0.15, -0.1) is 11.3 Å². The summed E-state index contributed by atoms with van der Waals surface area (Å²) in [5.74, 6) is -0.679. The number of benzene rings is 1. The van der Waals surface area contributed by atoms with E-state index in [0.29, 0.717) is 21.4 Å². The molecule has 1 amide bonds. The fraction of sp³-hybridized carbons (Fsp3) is 0.240. The molecule has 174 valence electrons. The number of hydrogen-bond donors (Lipinski definition) is 1. The molecule has 2 heterocycles. The maximum Gasteiger partial charge on any atom is 0.341 e. The van der Waals surface area contributed by atoms with Gasteiger partial charge in [-0.2, -0.15) is 5.26 Å². The standard InChI is InChI=1S/C25H21BrN2O4S2/c1-2-31-24(30)21-18-10-6-7-11-20(18)34-23(21)28-22(29)15(14-27)12-16-13-19(26)25(32-16)33-17-8-4-3-5-9-17/h3-5,8-9,12-13H,2,6-7,10-11H2,1H3,(H,28,29)/b15-12+. The number of fused-ring (bicyclic) bond motifs is 1. The Morgan fingerprint density at radius 3 is 2.79 bits per heavy atom. The molecule has 0 fully saturated rings. The fourth-order valence-electron chi connectivity index (χ4n) is 3.64. The van der Waals surface area contributed by atoms with Gasteiger partial charge in [0.25, 0.3) is 5.91 Å². The van der Waals surface area contributed by atoms with Crippen LogP contribution in [0.25, 0.3) is 6.08 Å². The highest BCUT2D eigenvalue weighted by Gasteiger charge is 2.28. The Hall–Kier alpha value is -2.80. The molecule has 3 aromatic rings. The molecule has 6 nitrogen and oxygen atoms in total. The third-order valence-electron chi connectivity index (χ3n) is 5.16. The molecule has 0 aliphatic heterocycles. The monoisotopic (exact) mass is 556 g/mol. The minimum atomic E-state index is -0.601. The summed E-state index contributed by atoms with van der Waals surface area (Å²) < 4.78 is 11.8. The number of amides is 1. The van der Waals surface area contributed by atoms with Gasteiger partial charge in [-0.05, 0) is 72.3 Å². The number of esters is 1. The van der Waals surface area contributed by atoms with Crippen molar-refractivity contribution in [2.45, 2.75) is 42.6 Å². The van der Waals surface area contributed by atoms with E-state index >= 15 is 0 Å². The van der Waals surface area contributed by atoms with Crippen LogP contribution in [0.1, 0.15) is 46.3 Å². The minimum absolute atomic E-state index is 0.126. The first-order valence-electron chi connectivity index (χ1n) is 10.8. The number of thiophene rings is 1. The number of nitriles is 1.